The second kappa shape index (κ2) is 5.99. The number of hydrogen-bond donors (Lipinski definition) is 0. The maximum absolute atomic E-state index is 13.0. The van der Waals surface area contributed by atoms with Gasteiger partial charge in [-0.15, -0.1) is 0 Å². The predicted molar refractivity (Wildman–Crippen MR) is 91.4 cm³/mol. The zero-order chi connectivity index (χ0) is 17.6. The number of amides is 1. The van der Waals surface area contributed by atoms with Crippen LogP contribution in [0.5, 0.6) is 0 Å². The minimum Gasteiger partial charge on any atom is -0.465 e. The lowest BCUT2D eigenvalue weighted by Crippen LogP contribution is -2.40. The monoisotopic (exact) mass is 341 g/mol. The molecule has 2 fully saturated rings. The zero-order valence-corrected chi connectivity index (χ0v) is 14.6. The van der Waals surface area contributed by atoms with Crippen LogP contribution < -0.4 is 0 Å². The van der Waals surface area contributed by atoms with E-state index >= 15 is 0 Å². The summed E-state index contributed by atoms with van der Waals surface area (Å²) in [6.45, 7) is 5.38. The van der Waals surface area contributed by atoms with Crippen LogP contribution in [-0.2, 0) is 25.6 Å². The third-order valence-corrected chi connectivity index (χ3v) is 5.23. The molecule has 1 aromatic rings. The maximum atomic E-state index is 13.0. The van der Waals surface area contributed by atoms with E-state index in [1.54, 1.807) is 4.90 Å². The molecule has 4 atom stereocenters. The Hall–Kier alpha value is -2.14. The second-order valence-corrected chi connectivity index (χ2v) is 7.60. The summed E-state index contributed by atoms with van der Waals surface area (Å²) < 4.78 is 11.5. The van der Waals surface area contributed by atoms with Gasteiger partial charge in [-0.2, -0.15) is 0 Å². The number of benzene rings is 1. The smallest absolute Gasteiger partial charge is 0.312 e. The van der Waals surface area contributed by atoms with Crippen molar-refractivity contribution in [2.75, 3.05) is 13.2 Å². The summed E-state index contributed by atoms with van der Waals surface area (Å²) in [6.07, 6.45) is 3.54. The van der Waals surface area contributed by atoms with Crippen LogP contribution >= 0.6 is 0 Å². The molecular weight excluding hydrogens is 318 g/mol. The Bertz CT molecular complexity index is 714. The fraction of sp³-hybridized carbons (Fsp3) is 0.500. The predicted octanol–water partition coefficient (Wildman–Crippen LogP) is 2.17. The van der Waals surface area contributed by atoms with E-state index in [9.17, 15) is 9.59 Å². The van der Waals surface area contributed by atoms with Crippen LogP contribution in [-0.4, -0.2) is 41.6 Å². The summed E-state index contributed by atoms with van der Waals surface area (Å²) in [5.74, 6) is -1.06. The Balaban J connectivity index is 1.54. The first-order valence-electron chi connectivity index (χ1n) is 8.87. The van der Waals surface area contributed by atoms with E-state index in [1.165, 1.54) is 0 Å². The number of fused-ring (bicyclic) bond motifs is 1. The third-order valence-electron chi connectivity index (χ3n) is 5.23. The highest BCUT2D eigenvalue weighted by molar-refractivity contribution is 5.91. The van der Waals surface area contributed by atoms with Crippen molar-refractivity contribution in [3.8, 4) is 0 Å². The molecule has 0 radical (unpaired) electrons. The summed E-state index contributed by atoms with van der Waals surface area (Å²) in [7, 11) is 0. The van der Waals surface area contributed by atoms with Crippen molar-refractivity contribution < 1.29 is 19.1 Å². The van der Waals surface area contributed by atoms with Crippen molar-refractivity contribution in [3.63, 3.8) is 0 Å². The highest BCUT2D eigenvalue weighted by Crippen LogP contribution is 2.52. The second-order valence-electron chi connectivity index (χ2n) is 7.60. The first-order chi connectivity index (χ1) is 12.0. The molecule has 25 heavy (non-hydrogen) atoms. The van der Waals surface area contributed by atoms with Crippen molar-refractivity contribution in [2.45, 2.75) is 32.1 Å². The topological polar surface area (TPSA) is 55.8 Å². The van der Waals surface area contributed by atoms with E-state index in [0.29, 0.717) is 19.7 Å². The Kier molecular flexibility index (Phi) is 3.91. The first-order valence-corrected chi connectivity index (χ1v) is 8.87. The quantitative estimate of drug-likeness (QED) is 0.608. The largest absolute Gasteiger partial charge is 0.465 e. The molecule has 5 heteroatoms. The lowest BCUT2D eigenvalue weighted by Gasteiger charge is -2.23. The summed E-state index contributed by atoms with van der Waals surface area (Å²) in [5, 5.41) is 0. The lowest BCUT2D eigenvalue weighted by molar-refractivity contribution is -0.154. The normalized spacial score (nSPS) is 32.5. The van der Waals surface area contributed by atoms with Crippen molar-refractivity contribution in [3.05, 3.63) is 48.0 Å². The zero-order valence-electron chi connectivity index (χ0n) is 14.6. The van der Waals surface area contributed by atoms with Crippen LogP contribution in [0, 0.1) is 17.8 Å². The highest BCUT2D eigenvalue weighted by Gasteiger charge is 2.67. The van der Waals surface area contributed by atoms with Crippen molar-refractivity contribution in [2.24, 2.45) is 17.8 Å². The maximum Gasteiger partial charge on any atom is 0.312 e. The summed E-state index contributed by atoms with van der Waals surface area (Å²) in [4.78, 5) is 27.4. The van der Waals surface area contributed by atoms with Gasteiger partial charge in [-0.25, -0.2) is 0 Å². The Morgan fingerprint density at radius 1 is 1.36 bits per heavy atom. The van der Waals surface area contributed by atoms with Crippen LogP contribution in [0.25, 0.3) is 0 Å². The molecule has 0 aliphatic carbocycles. The Labute approximate surface area is 147 Å². The average Bonchev–Trinajstić information content (AvgIpc) is 3.22. The molecule has 2 saturated heterocycles. The average molecular weight is 341 g/mol. The van der Waals surface area contributed by atoms with Gasteiger partial charge in [-0.1, -0.05) is 56.3 Å². The molecule has 1 amide bonds. The fourth-order valence-corrected chi connectivity index (χ4v) is 4.13. The summed E-state index contributed by atoms with van der Waals surface area (Å²) in [6, 6.07) is 9.88. The number of hydrogen-bond acceptors (Lipinski definition) is 4. The number of carbonyl (C=O) groups excluding carboxylic acids is 2. The Morgan fingerprint density at radius 3 is 2.84 bits per heavy atom. The van der Waals surface area contributed by atoms with Gasteiger partial charge >= 0.3 is 5.97 Å². The van der Waals surface area contributed by atoms with E-state index in [2.05, 4.69) is 0 Å². The van der Waals surface area contributed by atoms with Gasteiger partial charge in [-0.05, 0) is 11.5 Å². The summed E-state index contributed by atoms with van der Waals surface area (Å²) in [5.41, 5.74) is 0.405. The van der Waals surface area contributed by atoms with Gasteiger partial charge in [0.25, 0.3) is 0 Å². The molecule has 0 aromatic heterocycles. The standard InChI is InChI=1S/C20H23NO4/c1-13(2)11-24-19(23)16-15-8-9-20(25-15)12-21(18(22)17(16)20)10-14-6-4-3-5-7-14/h3-9,13,15-17H,10-12H2,1-2H3/t15-,16+,17-,20+/m0/s1. The van der Waals surface area contributed by atoms with Gasteiger partial charge in [0.2, 0.25) is 5.91 Å². The molecule has 0 N–H and O–H groups in total. The van der Waals surface area contributed by atoms with E-state index in [1.807, 2.05) is 56.3 Å². The van der Waals surface area contributed by atoms with Crippen LogP contribution in [0.2, 0.25) is 0 Å². The molecule has 3 heterocycles. The van der Waals surface area contributed by atoms with Crippen LogP contribution in [0.4, 0.5) is 0 Å². The SMILES string of the molecule is CC(C)COC(=O)[C@@H]1[C@@H]2C=C[C@]3(CN(Cc4ccccc4)C(=O)[C@H]13)O2. The summed E-state index contributed by atoms with van der Waals surface area (Å²) >= 11 is 0. The number of nitrogens with zero attached hydrogens (tertiary/aromatic N) is 1. The van der Waals surface area contributed by atoms with E-state index in [4.69, 9.17) is 9.47 Å². The van der Waals surface area contributed by atoms with Gasteiger partial charge in [0.1, 0.15) is 11.5 Å². The van der Waals surface area contributed by atoms with Crippen molar-refractivity contribution in [1.29, 1.82) is 0 Å². The molecule has 3 aliphatic rings. The van der Waals surface area contributed by atoms with Crippen LogP contribution in [0.1, 0.15) is 19.4 Å². The minimum atomic E-state index is -0.669. The molecule has 3 aliphatic heterocycles. The first kappa shape index (κ1) is 16.3. The number of ether oxygens (including phenoxy) is 2. The van der Waals surface area contributed by atoms with Gasteiger partial charge in [0.05, 0.1) is 25.2 Å². The van der Waals surface area contributed by atoms with Crippen molar-refractivity contribution in [1.82, 2.24) is 4.90 Å². The third kappa shape index (κ3) is 2.67. The van der Waals surface area contributed by atoms with Crippen molar-refractivity contribution >= 4 is 11.9 Å². The molecule has 1 aromatic carbocycles. The number of carbonyl (C=O) groups is 2. The molecule has 5 nitrogen and oxygen atoms in total. The number of esters is 1. The molecular formula is C20H23NO4. The Morgan fingerprint density at radius 2 is 2.12 bits per heavy atom. The van der Waals surface area contributed by atoms with Gasteiger partial charge in [0, 0.05) is 6.54 Å². The van der Waals surface area contributed by atoms with Crippen LogP contribution in [0.3, 0.4) is 0 Å². The van der Waals surface area contributed by atoms with Gasteiger partial charge < -0.3 is 14.4 Å². The fourth-order valence-electron chi connectivity index (χ4n) is 4.13. The molecule has 132 valence electrons. The highest BCUT2D eigenvalue weighted by atomic mass is 16.6. The lowest BCUT2D eigenvalue weighted by atomic mass is 9.77. The molecule has 0 unspecified atom stereocenters. The van der Waals surface area contributed by atoms with E-state index < -0.39 is 17.4 Å². The molecule has 1 spiro atoms. The van der Waals surface area contributed by atoms with Crippen LogP contribution in [0.15, 0.2) is 42.5 Å². The number of rotatable bonds is 5. The van der Waals surface area contributed by atoms with E-state index in [0.717, 1.165) is 5.56 Å². The molecule has 2 bridgehead atoms. The van der Waals surface area contributed by atoms with Gasteiger partial charge in [-0.3, -0.25) is 9.59 Å². The molecule has 0 saturated carbocycles. The van der Waals surface area contributed by atoms with E-state index in [-0.39, 0.29) is 23.9 Å². The molecule has 4 rings (SSSR count). The minimum absolute atomic E-state index is 0.0119. The van der Waals surface area contributed by atoms with Gasteiger partial charge in [0.15, 0.2) is 0 Å². The number of likely N-dealkylation sites (tertiary alicyclic amines) is 1.